The van der Waals surface area contributed by atoms with E-state index in [4.69, 9.17) is 33.3 Å². The van der Waals surface area contributed by atoms with Gasteiger partial charge in [-0.05, 0) is 47.5 Å². The molecule has 1 heterocycles. The highest BCUT2D eigenvalue weighted by molar-refractivity contribution is 8.27. The molecule has 3 aromatic carbocycles. The van der Waals surface area contributed by atoms with Crippen LogP contribution in [0.3, 0.4) is 0 Å². The maximum absolute atomic E-state index is 13.5. The van der Waals surface area contributed by atoms with Crippen LogP contribution in [0.2, 0.25) is 5.02 Å². The Hall–Kier alpha value is -3.47. The third kappa shape index (κ3) is 5.45. The third-order valence-corrected chi connectivity index (χ3v) is 6.55. The number of amides is 1. The van der Waals surface area contributed by atoms with Crippen molar-refractivity contribution < 1.29 is 23.6 Å². The largest absolute Gasteiger partial charge is 0.493 e. The van der Waals surface area contributed by atoms with Gasteiger partial charge in [0.1, 0.15) is 12.4 Å². The van der Waals surface area contributed by atoms with E-state index in [0.717, 1.165) is 11.8 Å². The zero-order valence-electron chi connectivity index (χ0n) is 18.1. The Bertz CT molecular complexity index is 1380. The van der Waals surface area contributed by atoms with Gasteiger partial charge in [-0.2, -0.15) is 0 Å². The maximum Gasteiger partial charge on any atom is 0.270 e. The molecule has 4 rings (SSSR count). The Morgan fingerprint density at radius 3 is 2.69 bits per heavy atom. The number of thiocarbonyl (C=S) groups is 1. The number of nitro benzene ring substituents is 1. The predicted molar refractivity (Wildman–Crippen MR) is 137 cm³/mol. The lowest BCUT2D eigenvalue weighted by atomic mass is 10.1. The molecule has 7 nitrogen and oxygen atoms in total. The number of hydrogen-bond acceptors (Lipinski definition) is 7. The molecular weight excluding hydrogens is 515 g/mol. The number of hydrogen-bond donors (Lipinski definition) is 0. The Kier molecular flexibility index (Phi) is 7.34. The van der Waals surface area contributed by atoms with Gasteiger partial charge in [-0.25, -0.2) is 4.39 Å². The number of benzene rings is 3. The maximum atomic E-state index is 13.5. The van der Waals surface area contributed by atoms with Crippen LogP contribution in [-0.4, -0.2) is 22.3 Å². The number of thioether (sulfide) groups is 1. The van der Waals surface area contributed by atoms with Crippen molar-refractivity contribution in [2.45, 2.75) is 6.61 Å². The van der Waals surface area contributed by atoms with Gasteiger partial charge in [-0.3, -0.25) is 19.8 Å². The Morgan fingerprint density at radius 2 is 1.97 bits per heavy atom. The molecule has 0 atom stereocenters. The van der Waals surface area contributed by atoms with Crippen LogP contribution in [-0.2, 0) is 11.4 Å². The van der Waals surface area contributed by atoms with E-state index in [1.165, 1.54) is 42.3 Å². The molecule has 0 spiro atoms. The average Bonchev–Trinajstić information content (AvgIpc) is 3.12. The van der Waals surface area contributed by atoms with Crippen molar-refractivity contribution in [3.8, 4) is 11.5 Å². The van der Waals surface area contributed by atoms with Crippen LogP contribution < -0.4 is 14.4 Å². The number of halogens is 2. The highest BCUT2D eigenvalue weighted by Gasteiger charge is 2.33. The molecule has 0 aliphatic carbocycles. The lowest BCUT2D eigenvalue weighted by Gasteiger charge is -2.14. The Morgan fingerprint density at radius 1 is 1.17 bits per heavy atom. The first kappa shape index (κ1) is 24.6. The number of carbonyl (C=O) groups is 1. The van der Waals surface area contributed by atoms with Gasteiger partial charge in [0.2, 0.25) is 0 Å². The smallest absolute Gasteiger partial charge is 0.270 e. The molecule has 3 aromatic rings. The summed E-state index contributed by atoms with van der Waals surface area (Å²) in [6.45, 7) is 0.107. The summed E-state index contributed by atoms with van der Waals surface area (Å²) in [4.78, 5) is 25.2. The van der Waals surface area contributed by atoms with E-state index in [0.29, 0.717) is 37.5 Å². The van der Waals surface area contributed by atoms with E-state index < -0.39 is 10.7 Å². The fourth-order valence-electron chi connectivity index (χ4n) is 3.28. The fourth-order valence-corrected chi connectivity index (χ4v) is 4.75. The Balaban J connectivity index is 1.52. The van der Waals surface area contributed by atoms with Crippen LogP contribution in [0.15, 0.2) is 65.6 Å². The molecule has 0 saturated carbocycles. The van der Waals surface area contributed by atoms with Crippen molar-refractivity contribution in [1.82, 2.24) is 0 Å². The van der Waals surface area contributed by atoms with Crippen molar-refractivity contribution in [3.63, 3.8) is 0 Å². The van der Waals surface area contributed by atoms with Gasteiger partial charge < -0.3 is 9.47 Å². The first-order chi connectivity index (χ1) is 16.8. The van der Waals surface area contributed by atoms with Crippen molar-refractivity contribution in [2.24, 2.45) is 0 Å². The van der Waals surface area contributed by atoms with Gasteiger partial charge in [0.15, 0.2) is 15.8 Å². The summed E-state index contributed by atoms with van der Waals surface area (Å²) in [6.07, 6.45) is 1.66. The number of nitrogens with zero attached hydrogens (tertiary/aromatic N) is 2. The van der Waals surface area contributed by atoms with Gasteiger partial charge in [-0.15, -0.1) is 0 Å². The summed E-state index contributed by atoms with van der Waals surface area (Å²) in [5.74, 6) is -0.0847. The minimum atomic E-state index is -0.587. The zero-order chi connectivity index (χ0) is 25.1. The number of carbonyl (C=O) groups excluding carboxylic acids is 1. The molecule has 35 heavy (non-hydrogen) atoms. The molecule has 1 fully saturated rings. The molecule has 0 N–H and O–H groups in total. The summed E-state index contributed by atoms with van der Waals surface area (Å²) in [6, 6.07) is 15.3. The van der Waals surface area contributed by atoms with Crippen LogP contribution in [0.25, 0.3) is 6.08 Å². The van der Waals surface area contributed by atoms with Crippen molar-refractivity contribution in [1.29, 1.82) is 0 Å². The van der Waals surface area contributed by atoms with E-state index in [9.17, 15) is 19.3 Å². The molecule has 11 heteroatoms. The SMILES string of the molecule is COc1cc(/C=C2/SC(=S)N(c3ccc(F)c(Cl)c3)C2=O)ccc1OCc1cccc([N+](=O)[O-])c1. The topological polar surface area (TPSA) is 81.9 Å². The lowest BCUT2D eigenvalue weighted by Crippen LogP contribution is -2.27. The molecule has 0 bridgehead atoms. The molecule has 1 amide bonds. The summed E-state index contributed by atoms with van der Waals surface area (Å²) >= 11 is 12.3. The van der Waals surface area contributed by atoms with E-state index in [1.54, 1.807) is 36.4 Å². The van der Waals surface area contributed by atoms with Crippen LogP contribution in [0, 0.1) is 15.9 Å². The summed E-state index contributed by atoms with van der Waals surface area (Å²) in [5.41, 5.74) is 1.66. The minimum Gasteiger partial charge on any atom is -0.493 e. The van der Waals surface area contributed by atoms with Crippen molar-refractivity contribution in [2.75, 3.05) is 12.0 Å². The second kappa shape index (κ2) is 10.4. The lowest BCUT2D eigenvalue weighted by molar-refractivity contribution is -0.384. The Labute approximate surface area is 214 Å². The average molecular weight is 531 g/mol. The highest BCUT2D eigenvalue weighted by Crippen LogP contribution is 2.38. The zero-order valence-corrected chi connectivity index (χ0v) is 20.5. The van der Waals surface area contributed by atoms with Crippen LogP contribution in [0.1, 0.15) is 11.1 Å². The predicted octanol–water partition coefficient (Wildman–Crippen LogP) is 6.38. The molecule has 1 saturated heterocycles. The van der Waals surface area contributed by atoms with Crippen molar-refractivity contribution >= 4 is 63.3 Å². The summed E-state index contributed by atoms with van der Waals surface area (Å²) in [5, 5.41) is 10.9. The van der Waals surface area contributed by atoms with Crippen LogP contribution in [0.5, 0.6) is 11.5 Å². The second-order valence-corrected chi connectivity index (χ2v) is 9.32. The number of non-ortho nitro benzene ring substituents is 1. The van der Waals surface area contributed by atoms with E-state index in [-0.39, 0.29) is 23.2 Å². The molecule has 178 valence electrons. The number of anilines is 1. The first-order valence-electron chi connectivity index (χ1n) is 10.0. The number of methoxy groups -OCH3 is 1. The van der Waals surface area contributed by atoms with E-state index in [1.807, 2.05) is 0 Å². The van der Waals surface area contributed by atoms with Gasteiger partial charge in [0, 0.05) is 12.1 Å². The second-order valence-electron chi connectivity index (χ2n) is 7.24. The molecule has 1 aliphatic rings. The normalized spacial score (nSPS) is 14.5. The quantitative estimate of drug-likeness (QED) is 0.152. The van der Waals surface area contributed by atoms with Gasteiger partial charge in [0.05, 0.1) is 27.6 Å². The molecule has 0 unspecified atom stereocenters. The van der Waals surface area contributed by atoms with Crippen molar-refractivity contribution in [3.05, 3.63) is 97.6 Å². The first-order valence-corrected chi connectivity index (χ1v) is 11.6. The van der Waals surface area contributed by atoms with Crippen LogP contribution >= 0.6 is 35.6 Å². The molecule has 0 aromatic heterocycles. The number of ether oxygens (including phenoxy) is 2. The highest BCUT2D eigenvalue weighted by atomic mass is 35.5. The fraction of sp³-hybridized carbons (Fsp3) is 0.0833. The standard InChI is InChI=1S/C24H16ClFN2O5S2/c1-32-21-10-14(5-8-20(21)33-13-15-3-2-4-17(9-15)28(30)31)11-22-23(29)27(24(34)35-22)16-6-7-19(26)18(25)12-16/h2-12H,13H2,1H3/b22-11+. The van der Waals surface area contributed by atoms with E-state index in [2.05, 4.69) is 0 Å². The minimum absolute atomic E-state index is 0.0198. The number of nitro groups is 1. The van der Waals surface area contributed by atoms with Gasteiger partial charge in [-0.1, -0.05) is 53.8 Å². The molecule has 1 aliphatic heterocycles. The summed E-state index contributed by atoms with van der Waals surface area (Å²) < 4.78 is 25.0. The number of rotatable bonds is 7. The van der Waals surface area contributed by atoms with Gasteiger partial charge >= 0.3 is 0 Å². The third-order valence-electron chi connectivity index (χ3n) is 4.96. The molecular formula is C24H16ClFN2O5S2. The van der Waals surface area contributed by atoms with Gasteiger partial charge in [0.25, 0.3) is 11.6 Å². The van der Waals surface area contributed by atoms with E-state index >= 15 is 0 Å². The van der Waals surface area contributed by atoms with Crippen LogP contribution in [0.4, 0.5) is 15.8 Å². The summed E-state index contributed by atoms with van der Waals surface area (Å²) in [7, 11) is 1.48. The monoisotopic (exact) mass is 530 g/mol. The molecule has 0 radical (unpaired) electrons.